The summed E-state index contributed by atoms with van der Waals surface area (Å²) in [6, 6.07) is 17.8. The van der Waals surface area contributed by atoms with E-state index in [1.807, 2.05) is 30.3 Å². The van der Waals surface area contributed by atoms with Gasteiger partial charge < -0.3 is 10.6 Å². The molecule has 4 rings (SSSR count). The molecule has 1 amide bonds. The van der Waals surface area contributed by atoms with E-state index in [0.29, 0.717) is 35.9 Å². The first-order valence-electron chi connectivity index (χ1n) is 11.0. The van der Waals surface area contributed by atoms with E-state index in [2.05, 4.69) is 15.6 Å². The molecule has 1 heterocycles. The summed E-state index contributed by atoms with van der Waals surface area (Å²) in [7, 11) is 0. The molecule has 1 fully saturated rings. The largest absolute Gasteiger partial charge is 0.433 e. The average molecular weight is 441 g/mol. The molecule has 32 heavy (non-hydrogen) atoms. The first-order valence-corrected chi connectivity index (χ1v) is 11.0. The van der Waals surface area contributed by atoms with Crippen LogP contribution in [0.4, 0.5) is 18.9 Å². The van der Waals surface area contributed by atoms with Crippen LogP contribution in [0.15, 0.2) is 60.7 Å². The highest BCUT2D eigenvalue weighted by Gasteiger charge is 2.34. The van der Waals surface area contributed by atoms with Gasteiger partial charge in [-0.2, -0.15) is 13.2 Å². The third kappa shape index (κ3) is 5.58. The number of halogens is 3. The van der Waals surface area contributed by atoms with E-state index in [0.717, 1.165) is 30.9 Å². The van der Waals surface area contributed by atoms with Crippen LogP contribution in [0.3, 0.4) is 0 Å². The molecule has 1 aliphatic rings. The van der Waals surface area contributed by atoms with Gasteiger partial charge in [-0.1, -0.05) is 48.5 Å². The number of hydrogen-bond donors (Lipinski definition) is 2. The van der Waals surface area contributed by atoms with Crippen LogP contribution in [0, 0.1) is 0 Å². The number of nitrogens with zero attached hydrogens (tertiary/aromatic N) is 1. The van der Waals surface area contributed by atoms with Crippen molar-refractivity contribution in [3.63, 3.8) is 0 Å². The molecule has 1 saturated carbocycles. The number of para-hydroxylation sites is 1. The Balaban J connectivity index is 1.41. The molecule has 0 radical (unpaired) electrons. The van der Waals surface area contributed by atoms with Gasteiger partial charge in [-0.25, -0.2) is 4.98 Å². The minimum Gasteiger partial charge on any atom is -0.382 e. The number of aryl methyl sites for hydroxylation is 1. The number of aromatic nitrogens is 1. The van der Waals surface area contributed by atoms with E-state index >= 15 is 0 Å². The van der Waals surface area contributed by atoms with E-state index in [9.17, 15) is 18.0 Å². The zero-order valence-electron chi connectivity index (χ0n) is 17.7. The Morgan fingerprint density at radius 2 is 1.72 bits per heavy atom. The summed E-state index contributed by atoms with van der Waals surface area (Å²) in [4.78, 5) is 16.2. The number of carbonyl (C=O) groups is 1. The second kappa shape index (κ2) is 9.59. The van der Waals surface area contributed by atoms with Gasteiger partial charge in [0, 0.05) is 29.6 Å². The minimum absolute atomic E-state index is 0.00761. The molecular formula is C25H26F3N3O. The van der Waals surface area contributed by atoms with E-state index in [1.54, 1.807) is 24.3 Å². The Hall–Kier alpha value is -3.09. The van der Waals surface area contributed by atoms with Crippen molar-refractivity contribution in [3.8, 4) is 0 Å². The lowest BCUT2D eigenvalue weighted by atomic mass is 9.90. The minimum atomic E-state index is -4.51. The van der Waals surface area contributed by atoms with Gasteiger partial charge in [0.05, 0.1) is 5.52 Å². The van der Waals surface area contributed by atoms with Crippen LogP contribution in [-0.4, -0.2) is 23.0 Å². The van der Waals surface area contributed by atoms with Gasteiger partial charge in [-0.15, -0.1) is 0 Å². The molecule has 2 aromatic carbocycles. The summed E-state index contributed by atoms with van der Waals surface area (Å²) in [5, 5.41) is 7.07. The van der Waals surface area contributed by atoms with Crippen molar-refractivity contribution in [1.82, 2.24) is 10.3 Å². The molecule has 4 nitrogen and oxygen atoms in total. The summed E-state index contributed by atoms with van der Waals surface area (Å²) in [6.07, 6.45) is -0.116. The van der Waals surface area contributed by atoms with Crippen molar-refractivity contribution in [3.05, 3.63) is 71.9 Å². The van der Waals surface area contributed by atoms with Gasteiger partial charge in [0.1, 0.15) is 5.69 Å². The number of amides is 1. The number of rotatable bonds is 6. The molecular weight excluding hydrogens is 415 g/mol. The van der Waals surface area contributed by atoms with Gasteiger partial charge in [-0.05, 0) is 49.8 Å². The van der Waals surface area contributed by atoms with Crippen molar-refractivity contribution >= 4 is 22.5 Å². The molecule has 0 bridgehead atoms. The van der Waals surface area contributed by atoms with Crippen molar-refractivity contribution in [2.24, 2.45) is 0 Å². The van der Waals surface area contributed by atoms with Crippen molar-refractivity contribution < 1.29 is 18.0 Å². The number of anilines is 1. The number of hydrogen-bond acceptors (Lipinski definition) is 3. The third-order valence-corrected chi connectivity index (χ3v) is 5.89. The predicted octanol–water partition coefficient (Wildman–Crippen LogP) is 5.73. The zero-order valence-corrected chi connectivity index (χ0v) is 17.7. The Labute approximate surface area is 185 Å². The zero-order chi connectivity index (χ0) is 22.6. The number of benzene rings is 2. The number of fused-ring (bicyclic) bond motifs is 1. The van der Waals surface area contributed by atoms with Gasteiger partial charge in [0.2, 0.25) is 5.91 Å². The molecule has 1 aromatic heterocycles. The maximum Gasteiger partial charge on any atom is 0.433 e. The Morgan fingerprint density at radius 3 is 2.50 bits per heavy atom. The molecule has 168 valence electrons. The smallest absolute Gasteiger partial charge is 0.382 e. The molecule has 2 N–H and O–H groups in total. The molecule has 0 spiro atoms. The molecule has 2 atom stereocenters. The fourth-order valence-electron chi connectivity index (χ4n) is 4.31. The van der Waals surface area contributed by atoms with E-state index in [1.165, 1.54) is 0 Å². The van der Waals surface area contributed by atoms with Gasteiger partial charge in [0.15, 0.2) is 0 Å². The van der Waals surface area contributed by atoms with Crippen LogP contribution < -0.4 is 10.6 Å². The quantitative estimate of drug-likeness (QED) is 0.514. The number of alkyl halides is 3. The predicted molar refractivity (Wildman–Crippen MR) is 119 cm³/mol. The van der Waals surface area contributed by atoms with Crippen LogP contribution in [0.1, 0.15) is 43.4 Å². The normalized spacial score (nSPS) is 19.0. The second-order valence-electron chi connectivity index (χ2n) is 8.33. The average Bonchev–Trinajstić information content (AvgIpc) is 2.78. The Bertz CT molecular complexity index is 1070. The van der Waals surface area contributed by atoms with E-state index in [4.69, 9.17) is 0 Å². The van der Waals surface area contributed by atoms with Gasteiger partial charge in [0.25, 0.3) is 0 Å². The Kier molecular flexibility index (Phi) is 6.63. The highest BCUT2D eigenvalue weighted by atomic mass is 19.4. The van der Waals surface area contributed by atoms with Crippen molar-refractivity contribution in [2.75, 3.05) is 5.32 Å². The number of carbonyl (C=O) groups excluding carboxylic acids is 1. The first-order chi connectivity index (χ1) is 15.4. The van der Waals surface area contributed by atoms with Crippen molar-refractivity contribution in [2.45, 2.75) is 56.8 Å². The monoisotopic (exact) mass is 441 g/mol. The molecule has 3 aromatic rings. The highest BCUT2D eigenvalue weighted by Crippen LogP contribution is 2.34. The van der Waals surface area contributed by atoms with E-state index < -0.39 is 11.9 Å². The number of nitrogens with one attached hydrogen (secondary N) is 2. The molecule has 0 unspecified atom stereocenters. The van der Waals surface area contributed by atoms with Crippen LogP contribution in [0.5, 0.6) is 0 Å². The topological polar surface area (TPSA) is 54.0 Å². The number of pyridine rings is 1. The molecule has 1 aliphatic carbocycles. The van der Waals surface area contributed by atoms with E-state index in [-0.39, 0.29) is 18.0 Å². The summed E-state index contributed by atoms with van der Waals surface area (Å²) < 4.78 is 40.0. The molecule has 7 heteroatoms. The second-order valence-corrected chi connectivity index (χ2v) is 8.33. The van der Waals surface area contributed by atoms with Crippen LogP contribution >= 0.6 is 0 Å². The van der Waals surface area contributed by atoms with Crippen LogP contribution in [-0.2, 0) is 17.4 Å². The van der Waals surface area contributed by atoms with Crippen LogP contribution in [0.25, 0.3) is 10.9 Å². The third-order valence-electron chi connectivity index (χ3n) is 5.89. The Morgan fingerprint density at radius 1 is 1.00 bits per heavy atom. The summed E-state index contributed by atoms with van der Waals surface area (Å²) >= 11 is 0. The lowest BCUT2D eigenvalue weighted by molar-refractivity contribution is -0.140. The van der Waals surface area contributed by atoms with Gasteiger partial charge >= 0.3 is 6.18 Å². The lowest BCUT2D eigenvalue weighted by Crippen LogP contribution is -2.41. The fraction of sp³-hybridized carbons (Fsp3) is 0.360. The lowest BCUT2D eigenvalue weighted by Gasteiger charge is -2.31. The van der Waals surface area contributed by atoms with Gasteiger partial charge in [-0.3, -0.25) is 4.79 Å². The van der Waals surface area contributed by atoms with Crippen molar-refractivity contribution in [1.29, 1.82) is 0 Å². The molecule has 0 aliphatic heterocycles. The SMILES string of the molecule is O=C(CCc1ccccc1)N[C@@H]1CCC[C@H](Nc2cc(C(F)(F)F)nc3ccccc23)C1. The maximum atomic E-state index is 13.3. The summed E-state index contributed by atoms with van der Waals surface area (Å²) in [5.41, 5.74) is 0.964. The highest BCUT2D eigenvalue weighted by molar-refractivity contribution is 5.91. The first kappa shape index (κ1) is 22.1. The summed E-state index contributed by atoms with van der Waals surface area (Å²) in [6.45, 7) is 0. The fourth-order valence-corrected chi connectivity index (χ4v) is 4.31. The maximum absolute atomic E-state index is 13.3. The summed E-state index contributed by atoms with van der Waals surface area (Å²) in [5.74, 6) is 0.00761. The standard InChI is InChI=1S/C25H26F3N3O/c26-25(27,28)23-16-22(20-11-4-5-12-21(20)31-23)29-18-9-6-10-19(15-18)30-24(32)14-13-17-7-2-1-3-8-17/h1-5,7-8,11-12,16,18-19H,6,9-10,13-15H2,(H,29,31)(H,30,32)/t18-,19+/m0/s1. The van der Waals surface area contributed by atoms with Crippen LogP contribution in [0.2, 0.25) is 0 Å². The molecule has 0 saturated heterocycles.